The lowest BCUT2D eigenvalue weighted by atomic mass is 9.99. The third-order valence-electron chi connectivity index (χ3n) is 5.63. The molecule has 5 nitrogen and oxygen atoms in total. The van der Waals surface area contributed by atoms with Crippen LogP contribution < -0.4 is 0 Å². The maximum atomic E-state index is 12.3. The van der Waals surface area contributed by atoms with Gasteiger partial charge in [-0.1, -0.05) is 28.1 Å². The molecule has 0 unspecified atom stereocenters. The molecule has 2 aromatic heterocycles. The maximum absolute atomic E-state index is 12.3. The quantitative estimate of drug-likeness (QED) is 0.682. The molecule has 2 fully saturated rings. The number of hydrogen-bond donors (Lipinski definition) is 1. The Morgan fingerprint density at radius 1 is 1.19 bits per heavy atom. The maximum Gasteiger partial charge on any atom is 0.225 e. The molecule has 6 heteroatoms. The summed E-state index contributed by atoms with van der Waals surface area (Å²) in [5, 5.41) is 0. The fourth-order valence-corrected chi connectivity index (χ4v) is 4.24. The van der Waals surface area contributed by atoms with Gasteiger partial charge < -0.3 is 9.88 Å². The molecule has 0 radical (unpaired) electrons. The summed E-state index contributed by atoms with van der Waals surface area (Å²) in [6, 6.07) is 10.2. The fourth-order valence-electron chi connectivity index (χ4n) is 3.98. The lowest BCUT2D eigenvalue weighted by Gasteiger charge is -2.16. The number of rotatable bonds is 4. The molecule has 1 aliphatic heterocycles. The van der Waals surface area contributed by atoms with Crippen molar-refractivity contribution in [3.8, 4) is 11.4 Å². The first-order valence-electron chi connectivity index (χ1n) is 9.56. The van der Waals surface area contributed by atoms with E-state index in [0.717, 1.165) is 65.8 Å². The first-order chi connectivity index (χ1) is 13.2. The molecule has 0 bridgehead atoms. The smallest absolute Gasteiger partial charge is 0.225 e. The number of nitrogens with one attached hydrogen (secondary N) is 1. The SMILES string of the molecule is O=C(C1CC1)N1CC[C@H](Cc2ccnc3nc(-c4ccc(Br)cc4)[nH]c23)C1. The van der Waals surface area contributed by atoms with E-state index in [1.165, 1.54) is 5.56 Å². The molecule has 1 saturated carbocycles. The lowest BCUT2D eigenvalue weighted by Crippen LogP contribution is -2.30. The van der Waals surface area contributed by atoms with Gasteiger partial charge >= 0.3 is 0 Å². The van der Waals surface area contributed by atoms with Gasteiger partial charge in [0.1, 0.15) is 5.82 Å². The Hall–Kier alpha value is -2.21. The van der Waals surface area contributed by atoms with Crippen molar-refractivity contribution in [2.24, 2.45) is 11.8 Å². The first-order valence-corrected chi connectivity index (χ1v) is 10.3. The number of nitrogens with zero attached hydrogens (tertiary/aromatic N) is 3. The molecule has 3 heterocycles. The van der Waals surface area contributed by atoms with E-state index in [4.69, 9.17) is 0 Å². The fraction of sp³-hybridized carbons (Fsp3) is 0.381. The normalized spacial score (nSPS) is 19.7. The second-order valence-corrected chi connectivity index (χ2v) is 8.59. The van der Waals surface area contributed by atoms with Crippen LogP contribution in [0.5, 0.6) is 0 Å². The number of carbonyl (C=O) groups is 1. The van der Waals surface area contributed by atoms with Crippen LogP contribution in [0, 0.1) is 11.8 Å². The Balaban J connectivity index is 1.37. The van der Waals surface area contributed by atoms with E-state index < -0.39 is 0 Å². The largest absolute Gasteiger partial charge is 0.342 e. The molecule has 3 aromatic rings. The number of imidazole rings is 1. The van der Waals surface area contributed by atoms with Crippen LogP contribution in [0.3, 0.4) is 0 Å². The van der Waals surface area contributed by atoms with E-state index in [2.05, 4.69) is 41.8 Å². The van der Waals surface area contributed by atoms with Gasteiger partial charge in [0, 0.05) is 35.2 Å². The number of fused-ring (bicyclic) bond motifs is 1. The number of hydrogen-bond acceptors (Lipinski definition) is 3. The van der Waals surface area contributed by atoms with Gasteiger partial charge in [-0.3, -0.25) is 4.79 Å². The summed E-state index contributed by atoms with van der Waals surface area (Å²) in [6.45, 7) is 1.79. The molecule has 138 valence electrons. The molecule has 1 aromatic carbocycles. The van der Waals surface area contributed by atoms with Crippen molar-refractivity contribution in [2.45, 2.75) is 25.7 Å². The van der Waals surface area contributed by atoms with E-state index >= 15 is 0 Å². The zero-order valence-corrected chi connectivity index (χ0v) is 16.6. The van der Waals surface area contributed by atoms with Crippen molar-refractivity contribution < 1.29 is 4.79 Å². The molecule has 1 aliphatic carbocycles. The van der Waals surface area contributed by atoms with Crippen LogP contribution in [0.15, 0.2) is 41.0 Å². The van der Waals surface area contributed by atoms with Crippen molar-refractivity contribution >= 4 is 33.0 Å². The monoisotopic (exact) mass is 424 g/mol. The van der Waals surface area contributed by atoms with E-state index in [9.17, 15) is 4.79 Å². The van der Waals surface area contributed by atoms with E-state index in [-0.39, 0.29) is 0 Å². The predicted octanol–water partition coefficient (Wildman–Crippen LogP) is 4.19. The summed E-state index contributed by atoms with van der Waals surface area (Å²) in [6.07, 6.45) is 6.03. The summed E-state index contributed by atoms with van der Waals surface area (Å²) in [5.74, 6) is 2.04. The predicted molar refractivity (Wildman–Crippen MR) is 108 cm³/mol. The minimum absolute atomic E-state index is 0.317. The zero-order valence-electron chi connectivity index (χ0n) is 15.0. The number of carbonyl (C=O) groups excluding carboxylic acids is 1. The summed E-state index contributed by atoms with van der Waals surface area (Å²) in [4.78, 5) is 27.0. The Kier molecular flexibility index (Phi) is 4.23. The number of pyridine rings is 1. The molecule has 0 spiro atoms. The van der Waals surface area contributed by atoms with E-state index in [1.54, 1.807) is 0 Å². The van der Waals surface area contributed by atoms with Crippen LogP contribution in [-0.4, -0.2) is 38.8 Å². The third-order valence-corrected chi connectivity index (χ3v) is 6.16. The second kappa shape index (κ2) is 6.75. The number of H-pyrrole nitrogens is 1. The summed E-state index contributed by atoms with van der Waals surface area (Å²) in [7, 11) is 0. The zero-order chi connectivity index (χ0) is 18.4. The Bertz CT molecular complexity index is 993. The summed E-state index contributed by atoms with van der Waals surface area (Å²) in [5.41, 5.74) is 4.06. The average Bonchev–Trinajstić information content (AvgIpc) is 3.26. The van der Waals surface area contributed by atoms with Gasteiger partial charge in [0.15, 0.2) is 5.65 Å². The molecule has 1 saturated heterocycles. The van der Waals surface area contributed by atoms with Crippen LogP contribution in [0.4, 0.5) is 0 Å². The second-order valence-electron chi connectivity index (χ2n) is 7.68. The summed E-state index contributed by atoms with van der Waals surface area (Å²) < 4.78 is 1.05. The average molecular weight is 425 g/mol. The van der Waals surface area contributed by atoms with Crippen LogP contribution in [-0.2, 0) is 11.2 Å². The van der Waals surface area contributed by atoms with Gasteiger partial charge in [0.25, 0.3) is 0 Å². The highest BCUT2D eigenvalue weighted by molar-refractivity contribution is 9.10. The van der Waals surface area contributed by atoms with Gasteiger partial charge in [-0.2, -0.15) is 0 Å². The number of aromatic nitrogens is 3. The lowest BCUT2D eigenvalue weighted by molar-refractivity contribution is -0.131. The highest BCUT2D eigenvalue weighted by atomic mass is 79.9. The molecular formula is C21H21BrN4O. The Morgan fingerprint density at radius 2 is 2.00 bits per heavy atom. The minimum Gasteiger partial charge on any atom is -0.342 e. The van der Waals surface area contributed by atoms with Crippen molar-refractivity contribution in [2.75, 3.05) is 13.1 Å². The van der Waals surface area contributed by atoms with Crippen LogP contribution in [0.2, 0.25) is 0 Å². The third kappa shape index (κ3) is 3.38. The molecule has 2 aliphatic rings. The van der Waals surface area contributed by atoms with Crippen LogP contribution >= 0.6 is 15.9 Å². The molecule has 5 rings (SSSR count). The van der Waals surface area contributed by atoms with Crippen molar-refractivity contribution in [3.63, 3.8) is 0 Å². The molecule has 1 amide bonds. The summed E-state index contributed by atoms with van der Waals surface area (Å²) >= 11 is 3.47. The number of halogens is 1. The van der Waals surface area contributed by atoms with Gasteiger partial charge in [-0.15, -0.1) is 0 Å². The standard InChI is InChI=1S/C21H21BrN4O/c22-17-5-3-14(4-6-17)19-24-18-16(7-9-23-20(18)25-19)11-13-8-10-26(12-13)21(27)15-1-2-15/h3-7,9,13,15H,1-2,8,10-12H2,(H,23,24,25)/t13-/m1/s1. The topological polar surface area (TPSA) is 61.9 Å². The van der Waals surface area contributed by atoms with Crippen molar-refractivity contribution in [3.05, 3.63) is 46.6 Å². The Labute approximate surface area is 166 Å². The van der Waals surface area contributed by atoms with Gasteiger partial charge in [-0.05, 0) is 55.4 Å². The van der Waals surface area contributed by atoms with Crippen LogP contribution in [0.1, 0.15) is 24.8 Å². The van der Waals surface area contributed by atoms with Gasteiger partial charge in [0.2, 0.25) is 5.91 Å². The number of likely N-dealkylation sites (tertiary alicyclic amines) is 1. The van der Waals surface area contributed by atoms with Crippen molar-refractivity contribution in [1.82, 2.24) is 19.9 Å². The molecule has 27 heavy (non-hydrogen) atoms. The van der Waals surface area contributed by atoms with Gasteiger partial charge in [-0.25, -0.2) is 9.97 Å². The highest BCUT2D eigenvalue weighted by Gasteiger charge is 2.36. The van der Waals surface area contributed by atoms with E-state index in [0.29, 0.717) is 17.7 Å². The molecular weight excluding hydrogens is 404 g/mol. The van der Waals surface area contributed by atoms with Gasteiger partial charge in [0.05, 0.1) is 5.52 Å². The molecule has 1 N–H and O–H groups in total. The van der Waals surface area contributed by atoms with Crippen molar-refractivity contribution in [1.29, 1.82) is 0 Å². The minimum atomic E-state index is 0.317. The number of aromatic amines is 1. The number of amides is 1. The van der Waals surface area contributed by atoms with Crippen LogP contribution in [0.25, 0.3) is 22.6 Å². The number of benzene rings is 1. The highest BCUT2D eigenvalue weighted by Crippen LogP contribution is 2.34. The van der Waals surface area contributed by atoms with E-state index in [1.807, 2.05) is 30.5 Å². The molecule has 1 atom stereocenters. The Morgan fingerprint density at radius 3 is 2.78 bits per heavy atom. The first kappa shape index (κ1) is 16.9.